The molecule has 23 heavy (non-hydrogen) atoms. The van der Waals surface area contributed by atoms with E-state index in [-0.39, 0.29) is 5.92 Å². The van der Waals surface area contributed by atoms with Gasteiger partial charge in [-0.25, -0.2) is 0 Å². The number of benzene rings is 1. The molecule has 2 aliphatic carbocycles. The zero-order chi connectivity index (χ0) is 15.8. The van der Waals surface area contributed by atoms with Gasteiger partial charge in [0, 0.05) is 30.1 Å². The number of hydrogen-bond acceptors (Lipinski definition) is 2. The van der Waals surface area contributed by atoms with Gasteiger partial charge >= 0.3 is 0 Å². The van der Waals surface area contributed by atoms with Gasteiger partial charge in [0.2, 0.25) is 5.91 Å². The molecule has 2 atom stereocenters. The van der Waals surface area contributed by atoms with Crippen molar-refractivity contribution in [2.75, 3.05) is 19.6 Å². The summed E-state index contributed by atoms with van der Waals surface area (Å²) in [6, 6.07) is 8.59. The molecule has 1 aromatic rings. The van der Waals surface area contributed by atoms with Crippen molar-refractivity contribution < 1.29 is 4.79 Å². The molecule has 2 saturated carbocycles. The van der Waals surface area contributed by atoms with Crippen molar-refractivity contribution in [3.05, 3.63) is 34.9 Å². The number of piperidine rings is 1. The summed E-state index contributed by atoms with van der Waals surface area (Å²) in [5.74, 6) is 1.85. The van der Waals surface area contributed by atoms with E-state index in [9.17, 15) is 4.79 Å². The van der Waals surface area contributed by atoms with Crippen LogP contribution >= 0.6 is 11.6 Å². The Labute approximate surface area is 143 Å². The molecule has 0 radical (unpaired) electrons. The molecule has 1 amide bonds. The molecule has 4 rings (SSSR count). The molecule has 2 unspecified atom stereocenters. The lowest BCUT2D eigenvalue weighted by Gasteiger charge is -2.33. The number of nitrogens with zero attached hydrogens (tertiary/aromatic N) is 1. The first kappa shape index (κ1) is 15.5. The molecule has 3 fully saturated rings. The van der Waals surface area contributed by atoms with Crippen LogP contribution in [0.2, 0.25) is 5.02 Å². The SMILES string of the molecule is O=C(C1CC1c1cccc(Cl)c1)N1CCC(NCC2CC2)CC1. The molecule has 0 aromatic heterocycles. The van der Waals surface area contributed by atoms with Crippen molar-refractivity contribution >= 4 is 17.5 Å². The predicted octanol–water partition coefficient (Wildman–Crippen LogP) is 3.43. The van der Waals surface area contributed by atoms with Crippen LogP contribution in [-0.2, 0) is 4.79 Å². The summed E-state index contributed by atoms with van der Waals surface area (Å²) in [6.07, 6.45) is 5.99. The van der Waals surface area contributed by atoms with Gasteiger partial charge in [-0.1, -0.05) is 23.7 Å². The fourth-order valence-electron chi connectivity index (χ4n) is 3.77. The minimum Gasteiger partial charge on any atom is -0.342 e. The fraction of sp³-hybridized carbons (Fsp3) is 0.632. The first-order valence-electron chi connectivity index (χ1n) is 8.98. The lowest BCUT2D eigenvalue weighted by Crippen LogP contribution is -2.46. The highest BCUT2D eigenvalue weighted by Gasteiger charge is 2.46. The van der Waals surface area contributed by atoms with Gasteiger partial charge in [0.05, 0.1) is 0 Å². The smallest absolute Gasteiger partial charge is 0.226 e. The lowest BCUT2D eigenvalue weighted by molar-refractivity contribution is -0.133. The molecule has 0 spiro atoms. The summed E-state index contributed by atoms with van der Waals surface area (Å²) in [7, 11) is 0. The van der Waals surface area contributed by atoms with Crippen LogP contribution in [0.15, 0.2) is 24.3 Å². The topological polar surface area (TPSA) is 32.3 Å². The van der Waals surface area contributed by atoms with Gasteiger partial charge in [0.1, 0.15) is 0 Å². The fourth-order valence-corrected chi connectivity index (χ4v) is 3.97. The molecule has 1 aliphatic heterocycles. The van der Waals surface area contributed by atoms with Crippen molar-refractivity contribution in [1.82, 2.24) is 10.2 Å². The van der Waals surface area contributed by atoms with Crippen molar-refractivity contribution in [1.29, 1.82) is 0 Å². The molecule has 1 aromatic carbocycles. The molecular weight excluding hydrogens is 308 g/mol. The van der Waals surface area contributed by atoms with Crippen molar-refractivity contribution in [3.63, 3.8) is 0 Å². The van der Waals surface area contributed by atoms with Crippen LogP contribution in [0.1, 0.15) is 43.6 Å². The maximum Gasteiger partial charge on any atom is 0.226 e. The van der Waals surface area contributed by atoms with E-state index in [4.69, 9.17) is 11.6 Å². The van der Waals surface area contributed by atoms with E-state index in [1.807, 2.05) is 18.2 Å². The summed E-state index contributed by atoms with van der Waals surface area (Å²) in [5, 5.41) is 4.44. The molecule has 1 saturated heterocycles. The summed E-state index contributed by atoms with van der Waals surface area (Å²) >= 11 is 6.06. The Morgan fingerprint density at radius 3 is 2.70 bits per heavy atom. The number of nitrogens with one attached hydrogen (secondary N) is 1. The van der Waals surface area contributed by atoms with Crippen LogP contribution in [0.5, 0.6) is 0 Å². The van der Waals surface area contributed by atoms with Crippen LogP contribution in [0, 0.1) is 11.8 Å². The summed E-state index contributed by atoms with van der Waals surface area (Å²) in [6.45, 7) is 3.01. The van der Waals surface area contributed by atoms with Crippen LogP contribution in [-0.4, -0.2) is 36.5 Å². The minimum absolute atomic E-state index is 0.185. The molecule has 1 heterocycles. The van der Waals surface area contributed by atoms with E-state index in [2.05, 4.69) is 16.3 Å². The number of amides is 1. The third kappa shape index (κ3) is 3.72. The van der Waals surface area contributed by atoms with Crippen LogP contribution in [0.4, 0.5) is 0 Å². The van der Waals surface area contributed by atoms with E-state index in [0.717, 1.165) is 43.3 Å². The van der Waals surface area contributed by atoms with Gasteiger partial charge in [0.15, 0.2) is 0 Å². The molecular formula is C19H25ClN2O. The van der Waals surface area contributed by atoms with Crippen molar-refractivity contribution in [2.24, 2.45) is 11.8 Å². The third-order valence-corrected chi connectivity index (χ3v) is 5.82. The summed E-state index contributed by atoms with van der Waals surface area (Å²) < 4.78 is 0. The van der Waals surface area contributed by atoms with E-state index in [1.165, 1.54) is 24.9 Å². The van der Waals surface area contributed by atoms with Gasteiger partial charge < -0.3 is 10.2 Å². The van der Waals surface area contributed by atoms with Crippen molar-refractivity contribution in [3.8, 4) is 0 Å². The number of carbonyl (C=O) groups excluding carboxylic acids is 1. The largest absolute Gasteiger partial charge is 0.342 e. The zero-order valence-corrected chi connectivity index (χ0v) is 14.3. The van der Waals surface area contributed by atoms with E-state index in [1.54, 1.807) is 0 Å². The molecule has 0 bridgehead atoms. The predicted molar refractivity (Wildman–Crippen MR) is 92.6 cm³/mol. The number of hydrogen-bond donors (Lipinski definition) is 1. The summed E-state index contributed by atoms with van der Waals surface area (Å²) in [4.78, 5) is 14.8. The number of likely N-dealkylation sites (tertiary alicyclic amines) is 1. The highest BCUT2D eigenvalue weighted by atomic mass is 35.5. The Morgan fingerprint density at radius 2 is 2.00 bits per heavy atom. The van der Waals surface area contributed by atoms with Gasteiger partial charge in [-0.3, -0.25) is 4.79 Å². The Kier molecular flexibility index (Phi) is 4.33. The third-order valence-electron chi connectivity index (χ3n) is 5.58. The molecule has 4 heteroatoms. The molecule has 1 N–H and O–H groups in total. The Bertz CT molecular complexity index is 578. The van der Waals surface area contributed by atoms with Gasteiger partial charge in [-0.15, -0.1) is 0 Å². The Balaban J connectivity index is 1.26. The quantitative estimate of drug-likeness (QED) is 0.896. The number of rotatable bonds is 5. The van der Waals surface area contributed by atoms with E-state index in [0.29, 0.717) is 17.9 Å². The number of carbonyl (C=O) groups is 1. The van der Waals surface area contributed by atoms with Crippen molar-refractivity contribution in [2.45, 2.75) is 44.1 Å². The van der Waals surface area contributed by atoms with Gasteiger partial charge in [-0.05, 0) is 68.2 Å². The standard InChI is InChI=1S/C19H25ClN2O/c20-15-3-1-2-14(10-15)17-11-18(17)19(23)22-8-6-16(7-9-22)21-12-13-4-5-13/h1-3,10,13,16-18,21H,4-9,11-12H2. The first-order valence-corrected chi connectivity index (χ1v) is 9.36. The maximum absolute atomic E-state index is 12.7. The molecule has 3 aliphatic rings. The Morgan fingerprint density at radius 1 is 1.22 bits per heavy atom. The average molecular weight is 333 g/mol. The maximum atomic E-state index is 12.7. The second kappa shape index (κ2) is 6.45. The lowest BCUT2D eigenvalue weighted by atomic mass is 10.0. The second-order valence-electron chi connectivity index (χ2n) is 7.45. The number of halogens is 1. The summed E-state index contributed by atoms with van der Waals surface area (Å²) in [5.41, 5.74) is 1.22. The monoisotopic (exact) mass is 332 g/mol. The first-order chi connectivity index (χ1) is 11.2. The van der Waals surface area contributed by atoms with Gasteiger partial charge in [0.25, 0.3) is 0 Å². The van der Waals surface area contributed by atoms with Crippen LogP contribution in [0.3, 0.4) is 0 Å². The highest BCUT2D eigenvalue weighted by molar-refractivity contribution is 6.30. The highest BCUT2D eigenvalue weighted by Crippen LogP contribution is 2.49. The van der Waals surface area contributed by atoms with E-state index >= 15 is 0 Å². The molecule has 3 nitrogen and oxygen atoms in total. The molecule has 124 valence electrons. The van der Waals surface area contributed by atoms with Crippen LogP contribution < -0.4 is 5.32 Å². The average Bonchev–Trinajstić information content (AvgIpc) is 3.47. The second-order valence-corrected chi connectivity index (χ2v) is 7.89. The minimum atomic E-state index is 0.185. The van der Waals surface area contributed by atoms with Crippen LogP contribution in [0.25, 0.3) is 0 Å². The zero-order valence-electron chi connectivity index (χ0n) is 13.5. The van der Waals surface area contributed by atoms with Gasteiger partial charge in [-0.2, -0.15) is 0 Å². The van der Waals surface area contributed by atoms with E-state index < -0.39 is 0 Å². The normalized spacial score (nSPS) is 28.0. The Hall–Kier alpha value is -1.06.